The number of para-hydroxylation sites is 1. The van der Waals surface area contributed by atoms with Crippen molar-refractivity contribution in [1.29, 1.82) is 0 Å². The van der Waals surface area contributed by atoms with E-state index in [-0.39, 0.29) is 25.5 Å². The zero-order chi connectivity index (χ0) is 22.9. The lowest BCUT2D eigenvalue weighted by Gasteiger charge is -2.21. The van der Waals surface area contributed by atoms with Crippen molar-refractivity contribution in [3.05, 3.63) is 77.9 Å². The normalized spacial score (nSPS) is 10.6. The van der Waals surface area contributed by atoms with Crippen LogP contribution in [0.5, 0.6) is 0 Å². The van der Waals surface area contributed by atoms with Crippen LogP contribution in [0.4, 0.5) is 5.69 Å². The van der Waals surface area contributed by atoms with Gasteiger partial charge in [0, 0.05) is 12.2 Å². The SMILES string of the molecule is CCCN(CC(=O)Nc1ccccc1C)C(=O)COC(=O)Cc1cccc2ccccc12. The van der Waals surface area contributed by atoms with E-state index >= 15 is 0 Å². The second kappa shape index (κ2) is 11.1. The first kappa shape index (κ1) is 23.0. The van der Waals surface area contributed by atoms with Crippen molar-refractivity contribution in [2.45, 2.75) is 26.7 Å². The molecule has 0 aromatic heterocycles. The summed E-state index contributed by atoms with van der Waals surface area (Å²) in [7, 11) is 0. The van der Waals surface area contributed by atoms with Crippen LogP contribution in [0.2, 0.25) is 0 Å². The summed E-state index contributed by atoms with van der Waals surface area (Å²) in [6.45, 7) is 3.75. The predicted octanol–water partition coefficient (Wildman–Crippen LogP) is 4.11. The zero-order valence-corrected chi connectivity index (χ0v) is 18.5. The number of fused-ring (bicyclic) bond motifs is 1. The summed E-state index contributed by atoms with van der Waals surface area (Å²) in [5.74, 6) is -1.16. The van der Waals surface area contributed by atoms with Gasteiger partial charge in [0.25, 0.3) is 5.91 Å². The molecule has 0 spiro atoms. The number of hydrogen-bond donors (Lipinski definition) is 1. The maximum atomic E-state index is 12.6. The molecule has 0 unspecified atom stereocenters. The third-order valence-electron chi connectivity index (χ3n) is 5.17. The monoisotopic (exact) mass is 432 g/mol. The van der Waals surface area contributed by atoms with Gasteiger partial charge in [0.15, 0.2) is 6.61 Å². The molecule has 0 aliphatic carbocycles. The molecule has 2 amide bonds. The van der Waals surface area contributed by atoms with Gasteiger partial charge in [-0.3, -0.25) is 14.4 Å². The van der Waals surface area contributed by atoms with Gasteiger partial charge in [0.2, 0.25) is 5.91 Å². The molecule has 0 heterocycles. The number of aryl methyl sites for hydroxylation is 1. The number of nitrogens with one attached hydrogen (secondary N) is 1. The Morgan fingerprint density at radius 2 is 1.66 bits per heavy atom. The van der Waals surface area contributed by atoms with Crippen molar-refractivity contribution in [1.82, 2.24) is 4.90 Å². The molecule has 0 bridgehead atoms. The lowest BCUT2D eigenvalue weighted by atomic mass is 10.0. The molecule has 0 fully saturated rings. The van der Waals surface area contributed by atoms with Crippen molar-refractivity contribution in [3.8, 4) is 0 Å². The fraction of sp³-hybridized carbons (Fsp3) is 0.269. The van der Waals surface area contributed by atoms with Gasteiger partial charge >= 0.3 is 5.97 Å². The molecule has 3 aromatic carbocycles. The number of carbonyl (C=O) groups is 3. The molecule has 0 aliphatic rings. The van der Waals surface area contributed by atoms with E-state index in [2.05, 4.69) is 5.32 Å². The van der Waals surface area contributed by atoms with Gasteiger partial charge in [-0.1, -0.05) is 67.6 Å². The van der Waals surface area contributed by atoms with Crippen molar-refractivity contribution in [3.63, 3.8) is 0 Å². The van der Waals surface area contributed by atoms with Crippen molar-refractivity contribution in [2.24, 2.45) is 0 Å². The molecule has 3 rings (SSSR count). The molecule has 6 heteroatoms. The molecule has 6 nitrogen and oxygen atoms in total. The first-order chi connectivity index (χ1) is 15.5. The van der Waals surface area contributed by atoms with Crippen LogP contribution < -0.4 is 5.32 Å². The highest BCUT2D eigenvalue weighted by molar-refractivity contribution is 5.95. The van der Waals surface area contributed by atoms with E-state index in [0.717, 1.165) is 21.9 Å². The molecule has 1 N–H and O–H groups in total. The van der Waals surface area contributed by atoms with E-state index in [1.165, 1.54) is 4.90 Å². The number of amides is 2. The summed E-state index contributed by atoms with van der Waals surface area (Å²) in [5.41, 5.74) is 2.50. The molecule has 3 aromatic rings. The van der Waals surface area contributed by atoms with Crippen LogP contribution in [0, 0.1) is 6.92 Å². The number of nitrogens with zero attached hydrogens (tertiary/aromatic N) is 1. The fourth-order valence-corrected chi connectivity index (χ4v) is 3.52. The number of anilines is 1. The van der Waals surface area contributed by atoms with E-state index in [9.17, 15) is 14.4 Å². The van der Waals surface area contributed by atoms with Crippen molar-refractivity contribution < 1.29 is 19.1 Å². The number of rotatable bonds is 9. The molecular formula is C26H28N2O4. The number of esters is 1. The molecule has 32 heavy (non-hydrogen) atoms. The number of benzene rings is 3. The maximum Gasteiger partial charge on any atom is 0.310 e. The van der Waals surface area contributed by atoms with Crippen molar-refractivity contribution in [2.75, 3.05) is 25.0 Å². The Morgan fingerprint density at radius 3 is 2.44 bits per heavy atom. The summed E-state index contributed by atoms with van der Waals surface area (Å²) in [6.07, 6.45) is 0.767. The standard InChI is InChI=1S/C26H28N2O4/c1-3-15-28(17-24(29)27-23-14-7-4-9-19(23)2)25(30)18-32-26(31)16-21-12-8-11-20-10-5-6-13-22(20)21/h4-14H,3,15-18H2,1-2H3,(H,27,29). The van der Waals surface area contributed by atoms with Crippen LogP contribution in [0.15, 0.2) is 66.7 Å². The Hall–Kier alpha value is -3.67. The number of ether oxygens (including phenoxy) is 1. The largest absolute Gasteiger partial charge is 0.455 e. The van der Waals surface area contributed by atoms with Crippen LogP contribution in [0.25, 0.3) is 10.8 Å². The van der Waals surface area contributed by atoms with Crippen LogP contribution in [-0.4, -0.2) is 42.4 Å². The summed E-state index contributed by atoms with van der Waals surface area (Å²) >= 11 is 0. The Labute approximate surface area is 188 Å². The minimum Gasteiger partial charge on any atom is -0.455 e. The molecule has 0 radical (unpaired) electrons. The summed E-state index contributed by atoms with van der Waals surface area (Å²) in [6, 6.07) is 21.0. The number of carbonyl (C=O) groups excluding carboxylic acids is 3. The Morgan fingerprint density at radius 1 is 0.938 bits per heavy atom. The fourth-order valence-electron chi connectivity index (χ4n) is 3.52. The first-order valence-electron chi connectivity index (χ1n) is 10.7. The van der Waals surface area contributed by atoms with E-state index in [1.807, 2.05) is 80.6 Å². The molecular weight excluding hydrogens is 404 g/mol. The minimum atomic E-state index is -0.476. The van der Waals surface area contributed by atoms with Crippen molar-refractivity contribution >= 4 is 34.2 Å². The quantitative estimate of drug-likeness (QED) is 0.516. The second-order valence-corrected chi connectivity index (χ2v) is 7.65. The first-order valence-corrected chi connectivity index (χ1v) is 10.7. The highest BCUT2D eigenvalue weighted by Gasteiger charge is 2.19. The topological polar surface area (TPSA) is 75.7 Å². The van der Waals surface area contributed by atoms with Gasteiger partial charge in [-0.15, -0.1) is 0 Å². The second-order valence-electron chi connectivity index (χ2n) is 7.65. The van der Waals surface area contributed by atoms with E-state index in [4.69, 9.17) is 4.74 Å². The maximum absolute atomic E-state index is 12.6. The van der Waals surface area contributed by atoms with Gasteiger partial charge in [-0.05, 0) is 41.3 Å². The van der Waals surface area contributed by atoms with Gasteiger partial charge in [-0.2, -0.15) is 0 Å². The third-order valence-corrected chi connectivity index (χ3v) is 5.17. The summed E-state index contributed by atoms with van der Waals surface area (Å²) in [5, 5.41) is 4.86. The Balaban J connectivity index is 1.55. The van der Waals surface area contributed by atoms with Gasteiger partial charge < -0.3 is 15.0 Å². The number of hydrogen-bond acceptors (Lipinski definition) is 4. The van der Waals surface area contributed by atoms with Crippen LogP contribution in [-0.2, 0) is 25.5 Å². The van der Waals surface area contributed by atoms with E-state index in [1.54, 1.807) is 0 Å². The third kappa shape index (κ3) is 6.17. The van der Waals surface area contributed by atoms with E-state index in [0.29, 0.717) is 18.7 Å². The van der Waals surface area contributed by atoms with Gasteiger partial charge in [0.05, 0.1) is 13.0 Å². The van der Waals surface area contributed by atoms with E-state index < -0.39 is 11.9 Å². The lowest BCUT2D eigenvalue weighted by molar-refractivity contribution is -0.151. The van der Waals surface area contributed by atoms with Gasteiger partial charge in [-0.25, -0.2) is 0 Å². The Bertz CT molecular complexity index is 1100. The predicted molar refractivity (Wildman–Crippen MR) is 125 cm³/mol. The molecule has 0 saturated heterocycles. The molecule has 0 atom stereocenters. The lowest BCUT2D eigenvalue weighted by Crippen LogP contribution is -2.41. The van der Waals surface area contributed by atoms with Crippen LogP contribution >= 0.6 is 0 Å². The van der Waals surface area contributed by atoms with Crippen LogP contribution in [0.3, 0.4) is 0 Å². The average Bonchev–Trinajstić information content (AvgIpc) is 2.79. The highest BCUT2D eigenvalue weighted by Crippen LogP contribution is 2.19. The minimum absolute atomic E-state index is 0.0795. The molecule has 0 aliphatic heterocycles. The molecule has 166 valence electrons. The smallest absolute Gasteiger partial charge is 0.310 e. The van der Waals surface area contributed by atoms with Gasteiger partial charge in [0.1, 0.15) is 0 Å². The summed E-state index contributed by atoms with van der Waals surface area (Å²) < 4.78 is 5.24. The molecule has 0 saturated carbocycles. The zero-order valence-electron chi connectivity index (χ0n) is 18.5. The summed E-state index contributed by atoms with van der Waals surface area (Å²) in [4.78, 5) is 38.9. The Kier molecular flexibility index (Phi) is 7.97. The highest BCUT2D eigenvalue weighted by atomic mass is 16.5. The average molecular weight is 433 g/mol. The van der Waals surface area contributed by atoms with Crippen LogP contribution in [0.1, 0.15) is 24.5 Å².